The zero-order valence-electron chi connectivity index (χ0n) is 18.8. The summed E-state index contributed by atoms with van der Waals surface area (Å²) in [6.07, 6.45) is 1.60. The number of hydrogen-bond acceptors (Lipinski definition) is 4. The minimum Gasteiger partial charge on any atom is -0.346 e. The lowest BCUT2D eigenvalue weighted by molar-refractivity contribution is -0.127. The van der Waals surface area contributed by atoms with Gasteiger partial charge < -0.3 is 10.3 Å². The Balaban J connectivity index is 1.42. The van der Waals surface area contributed by atoms with Gasteiger partial charge in [0.05, 0.1) is 22.0 Å². The summed E-state index contributed by atoms with van der Waals surface area (Å²) < 4.78 is 40.2. The van der Waals surface area contributed by atoms with Gasteiger partial charge in [0, 0.05) is 19.0 Å². The maximum atomic E-state index is 13.2. The standard InChI is InChI=1S/C24H29FN4O3S/c1-16(2)15-22(23-26-20-5-3-4-6-21(20)27-23)28-24(30)17-11-13-29(14-12-17)33(31,32)19-9-7-18(25)8-10-19/h3-10,16-17,22H,11-15H2,1-2H3,(H,26,27)(H,28,30)/t22-/m0/s1. The van der Waals surface area contributed by atoms with E-state index in [1.54, 1.807) is 0 Å². The molecule has 1 fully saturated rings. The fraction of sp³-hybridized carbons (Fsp3) is 0.417. The van der Waals surface area contributed by atoms with E-state index < -0.39 is 15.8 Å². The van der Waals surface area contributed by atoms with E-state index in [1.807, 2.05) is 24.3 Å². The van der Waals surface area contributed by atoms with Crippen molar-refractivity contribution in [3.8, 4) is 0 Å². The molecule has 1 aliphatic rings. The third kappa shape index (κ3) is 5.25. The van der Waals surface area contributed by atoms with Crippen LogP contribution >= 0.6 is 0 Å². The van der Waals surface area contributed by atoms with Crippen LogP contribution in [-0.4, -0.2) is 41.7 Å². The third-order valence-electron chi connectivity index (χ3n) is 6.04. The summed E-state index contributed by atoms with van der Waals surface area (Å²) in [6, 6.07) is 12.3. The zero-order valence-corrected chi connectivity index (χ0v) is 19.6. The highest BCUT2D eigenvalue weighted by molar-refractivity contribution is 7.89. The summed E-state index contributed by atoms with van der Waals surface area (Å²) in [5.74, 6) is 0.245. The number of benzene rings is 2. The Hall–Kier alpha value is -2.78. The molecule has 0 saturated carbocycles. The molecular weight excluding hydrogens is 443 g/mol. The zero-order chi connectivity index (χ0) is 23.6. The number of H-pyrrole nitrogens is 1. The molecule has 0 spiro atoms. The lowest BCUT2D eigenvalue weighted by Crippen LogP contribution is -2.44. The Morgan fingerprint density at radius 3 is 2.45 bits per heavy atom. The van der Waals surface area contributed by atoms with E-state index in [0.29, 0.717) is 18.8 Å². The highest BCUT2D eigenvalue weighted by Crippen LogP contribution is 2.27. The SMILES string of the molecule is CC(C)C[C@H](NC(=O)C1CCN(S(=O)(=O)c2ccc(F)cc2)CC1)c1nc2ccccc2[nH]1. The van der Waals surface area contributed by atoms with E-state index in [-0.39, 0.29) is 35.9 Å². The van der Waals surface area contributed by atoms with Crippen LogP contribution in [0.15, 0.2) is 53.4 Å². The highest BCUT2D eigenvalue weighted by atomic mass is 32.2. The van der Waals surface area contributed by atoms with Crippen LogP contribution in [0.4, 0.5) is 4.39 Å². The summed E-state index contributed by atoms with van der Waals surface area (Å²) in [6.45, 7) is 4.69. The van der Waals surface area contributed by atoms with E-state index in [2.05, 4.69) is 29.1 Å². The van der Waals surface area contributed by atoms with Crippen molar-refractivity contribution in [2.45, 2.75) is 44.0 Å². The number of fused-ring (bicyclic) bond motifs is 1. The van der Waals surface area contributed by atoms with Crippen molar-refractivity contribution in [3.63, 3.8) is 0 Å². The molecule has 1 saturated heterocycles. The van der Waals surface area contributed by atoms with Gasteiger partial charge in [0.2, 0.25) is 15.9 Å². The summed E-state index contributed by atoms with van der Waals surface area (Å²) >= 11 is 0. The number of aromatic amines is 1. The van der Waals surface area contributed by atoms with Crippen LogP contribution in [0, 0.1) is 17.7 Å². The molecule has 2 aromatic carbocycles. The largest absolute Gasteiger partial charge is 0.346 e. The van der Waals surface area contributed by atoms with Gasteiger partial charge in [-0.1, -0.05) is 26.0 Å². The monoisotopic (exact) mass is 472 g/mol. The number of rotatable bonds is 7. The number of para-hydroxylation sites is 2. The lowest BCUT2D eigenvalue weighted by atomic mass is 9.95. The van der Waals surface area contributed by atoms with Crippen LogP contribution in [0.5, 0.6) is 0 Å². The summed E-state index contributed by atoms with van der Waals surface area (Å²) in [5.41, 5.74) is 1.78. The van der Waals surface area contributed by atoms with E-state index in [1.165, 1.54) is 16.4 Å². The van der Waals surface area contributed by atoms with E-state index in [4.69, 9.17) is 0 Å². The first kappa shape index (κ1) is 23.4. The summed E-state index contributed by atoms with van der Waals surface area (Å²) in [7, 11) is -3.70. The van der Waals surface area contributed by atoms with Gasteiger partial charge in [-0.2, -0.15) is 4.31 Å². The van der Waals surface area contributed by atoms with Crippen molar-refractivity contribution in [1.82, 2.24) is 19.6 Å². The number of sulfonamides is 1. The van der Waals surface area contributed by atoms with Gasteiger partial charge in [-0.25, -0.2) is 17.8 Å². The van der Waals surface area contributed by atoms with Gasteiger partial charge in [0.25, 0.3) is 0 Å². The molecule has 1 atom stereocenters. The van der Waals surface area contributed by atoms with Crippen molar-refractivity contribution < 1.29 is 17.6 Å². The Kier molecular flexibility index (Phi) is 6.81. The highest BCUT2D eigenvalue weighted by Gasteiger charge is 2.33. The Labute approximate surface area is 193 Å². The first-order chi connectivity index (χ1) is 15.7. The van der Waals surface area contributed by atoms with Crippen LogP contribution < -0.4 is 5.32 Å². The lowest BCUT2D eigenvalue weighted by Gasteiger charge is -2.31. The molecule has 0 bridgehead atoms. The smallest absolute Gasteiger partial charge is 0.243 e. The van der Waals surface area contributed by atoms with Gasteiger partial charge in [0.15, 0.2) is 0 Å². The maximum Gasteiger partial charge on any atom is 0.243 e. The van der Waals surface area contributed by atoms with Gasteiger partial charge >= 0.3 is 0 Å². The molecule has 176 valence electrons. The number of carbonyl (C=O) groups excluding carboxylic acids is 1. The fourth-order valence-corrected chi connectivity index (χ4v) is 5.72. The van der Waals surface area contributed by atoms with Crippen LogP contribution in [0.1, 0.15) is 45.0 Å². The molecule has 1 aromatic heterocycles. The summed E-state index contributed by atoms with van der Waals surface area (Å²) in [4.78, 5) is 21.1. The second-order valence-corrected chi connectivity index (χ2v) is 10.9. The number of carbonyl (C=O) groups is 1. The molecule has 4 rings (SSSR count). The van der Waals surface area contributed by atoms with Crippen LogP contribution in [-0.2, 0) is 14.8 Å². The second-order valence-electron chi connectivity index (χ2n) is 8.96. The van der Waals surface area contributed by atoms with E-state index in [9.17, 15) is 17.6 Å². The molecule has 33 heavy (non-hydrogen) atoms. The van der Waals surface area contributed by atoms with E-state index in [0.717, 1.165) is 35.4 Å². The Morgan fingerprint density at radius 1 is 1.15 bits per heavy atom. The molecule has 2 N–H and O–H groups in total. The molecule has 2 heterocycles. The molecule has 1 aliphatic heterocycles. The van der Waals surface area contributed by atoms with Crippen LogP contribution in [0.3, 0.4) is 0 Å². The number of nitrogens with one attached hydrogen (secondary N) is 2. The van der Waals surface area contributed by atoms with Crippen molar-refractivity contribution in [2.75, 3.05) is 13.1 Å². The molecule has 3 aromatic rings. The second kappa shape index (κ2) is 9.61. The number of halogens is 1. The average molecular weight is 473 g/mol. The van der Waals surface area contributed by atoms with Crippen molar-refractivity contribution >= 4 is 27.0 Å². The van der Waals surface area contributed by atoms with Gasteiger partial charge in [-0.3, -0.25) is 4.79 Å². The third-order valence-corrected chi connectivity index (χ3v) is 7.95. The molecule has 0 radical (unpaired) electrons. The molecular formula is C24H29FN4O3S. The number of nitrogens with zero attached hydrogens (tertiary/aromatic N) is 2. The number of imidazole rings is 1. The predicted octanol–water partition coefficient (Wildman–Crippen LogP) is 4.01. The van der Waals surface area contributed by atoms with Crippen molar-refractivity contribution in [3.05, 3.63) is 60.2 Å². The molecule has 0 unspecified atom stereocenters. The van der Waals surface area contributed by atoms with Gasteiger partial charge in [-0.15, -0.1) is 0 Å². The quantitative estimate of drug-likeness (QED) is 0.543. The fourth-order valence-electron chi connectivity index (χ4n) is 4.25. The Bertz CT molecular complexity index is 1180. The normalized spacial score (nSPS) is 16.8. The van der Waals surface area contributed by atoms with Gasteiger partial charge in [-0.05, 0) is 61.6 Å². The minimum atomic E-state index is -3.70. The molecule has 7 nitrogen and oxygen atoms in total. The minimum absolute atomic E-state index is 0.0636. The number of amides is 1. The number of aromatic nitrogens is 2. The first-order valence-electron chi connectivity index (χ1n) is 11.2. The predicted molar refractivity (Wildman–Crippen MR) is 124 cm³/mol. The number of hydrogen-bond donors (Lipinski definition) is 2. The maximum absolute atomic E-state index is 13.2. The number of piperidine rings is 1. The van der Waals surface area contributed by atoms with Crippen LogP contribution in [0.25, 0.3) is 11.0 Å². The van der Waals surface area contributed by atoms with Crippen LogP contribution in [0.2, 0.25) is 0 Å². The topological polar surface area (TPSA) is 95.2 Å². The Morgan fingerprint density at radius 2 is 1.82 bits per heavy atom. The summed E-state index contributed by atoms with van der Waals surface area (Å²) in [5, 5.41) is 3.14. The molecule has 1 amide bonds. The molecule has 9 heteroatoms. The molecule has 0 aliphatic carbocycles. The van der Waals surface area contributed by atoms with Crippen molar-refractivity contribution in [1.29, 1.82) is 0 Å². The van der Waals surface area contributed by atoms with E-state index >= 15 is 0 Å². The first-order valence-corrected chi connectivity index (χ1v) is 12.7. The van der Waals surface area contributed by atoms with Crippen molar-refractivity contribution in [2.24, 2.45) is 11.8 Å². The average Bonchev–Trinajstić information content (AvgIpc) is 3.23. The van der Waals surface area contributed by atoms with Gasteiger partial charge in [0.1, 0.15) is 11.6 Å².